The molecule has 0 spiro atoms. The van der Waals surface area contributed by atoms with Crippen molar-refractivity contribution in [3.8, 4) is 5.75 Å². The molecular weight excluding hydrogens is 368 g/mol. The summed E-state index contributed by atoms with van der Waals surface area (Å²) in [7, 11) is 0. The number of non-ortho nitro benzene ring substituents is 1. The highest BCUT2D eigenvalue weighted by Gasteiger charge is 2.20. The summed E-state index contributed by atoms with van der Waals surface area (Å²) in [5, 5.41) is 25.3. The van der Waals surface area contributed by atoms with E-state index in [1.165, 1.54) is 13.0 Å². The van der Waals surface area contributed by atoms with Crippen LogP contribution in [0.3, 0.4) is 0 Å². The van der Waals surface area contributed by atoms with E-state index in [0.29, 0.717) is 11.3 Å². The molecule has 1 amide bonds. The number of nitrogens with zero attached hydrogens (tertiary/aromatic N) is 3. The van der Waals surface area contributed by atoms with Crippen molar-refractivity contribution in [2.24, 2.45) is 0 Å². The molecule has 0 bridgehead atoms. The third kappa shape index (κ3) is 4.18. The molecule has 0 aliphatic carbocycles. The van der Waals surface area contributed by atoms with Crippen LogP contribution in [-0.2, 0) is 11.4 Å². The number of anilines is 1. The number of hydrogen-bond acceptors (Lipinski definition) is 7. The molecule has 0 radical (unpaired) electrons. The van der Waals surface area contributed by atoms with E-state index in [9.17, 15) is 25.0 Å². The minimum Gasteiger partial charge on any atom is -0.482 e. The maximum Gasteiger partial charge on any atom is 0.317 e. The van der Waals surface area contributed by atoms with E-state index in [2.05, 4.69) is 10.3 Å². The van der Waals surface area contributed by atoms with Crippen molar-refractivity contribution in [1.29, 1.82) is 0 Å². The second-order valence-electron chi connectivity index (χ2n) is 5.86. The summed E-state index contributed by atoms with van der Waals surface area (Å²) in [5.41, 5.74) is 0.535. The zero-order valence-corrected chi connectivity index (χ0v) is 14.6. The molecule has 1 N–H and O–H groups in total. The lowest BCUT2D eigenvalue weighted by atomic mass is 10.1. The van der Waals surface area contributed by atoms with E-state index in [4.69, 9.17) is 4.74 Å². The fraction of sp³-hybridized carbons (Fsp3) is 0.111. The number of nitrogens with one attached hydrogen (secondary N) is 1. The maximum atomic E-state index is 11.2. The van der Waals surface area contributed by atoms with Crippen LogP contribution in [0.4, 0.5) is 17.2 Å². The summed E-state index contributed by atoms with van der Waals surface area (Å²) in [6, 6.07) is 11.9. The lowest BCUT2D eigenvalue weighted by Crippen LogP contribution is -2.07. The monoisotopic (exact) mass is 382 g/mol. The fourth-order valence-electron chi connectivity index (χ4n) is 2.56. The predicted octanol–water partition coefficient (Wildman–Crippen LogP) is 3.59. The van der Waals surface area contributed by atoms with Gasteiger partial charge in [0.15, 0.2) is 5.75 Å². The largest absolute Gasteiger partial charge is 0.482 e. The Morgan fingerprint density at radius 1 is 1.07 bits per heavy atom. The van der Waals surface area contributed by atoms with Gasteiger partial charge in [-0.2, -0.15) is 0 Å². The first-order chi connectivity index (χ1) is 13.3. The Morgan fingerprint density at radius 3 is 2.54 bits per heavy atom. The minimum atomic E-state index is -0.726. The van der Waals surface area contributed by atoms with Crippen LogP contribution in [0.25, 0.3) is 10.9 Å². The molecule has 3 aromatic rings. The van der Waals surface area contributed by atoms with Gasteiger partial charge in [-0.15, -0.1) is 0 Å². The summed E-state index contributed by atoms with van der Waals surface area (Å²) < 4.78 is 5.50. The quantitative estimate of drug-likeness (QED) is 0.508. The van der Waals surface area contributed by atoms with Gasteiger partial charge in [0.25, 0.3) is 5.69 Å². The van der Waals surface area contributed by atoms with E-state index >= 15 is 0 Å². The van der Waals surface area contributed by atoms with Gasteiger partial charge in [0.1, 0.15) is 12.4 Å². The average molecular weight is 382 g/mol. The first kappa shape index (κ1) is 18.7. The number of benzene rings is 2. The Hall–Kier alpha value is -4.08. The van der Waals surface area contributed by atoms with Gasteiger partial charge < -0.3 is 10.1 Å². The molecule has 28 heavy (non-hydrogen) atoms. The molecular formula is C18H14N4O6. The van der Waals surface area contributed by atoms with Crippen LogP contribution in [-0.4, -0.2) is 20.7 Å². The van der Waals surface area contributed by atoms with Gasteiger partial charge in [0, 0.05) is 18.4 Å². The van der Waals surface area contributed by atoms with E-state index in [0.717, 1.165) is 23.1 Å². The summed E-state index contributed by atoms with van der Waals surface area (Å²) >= 11 is 0. The van der Waals surface area contributed by atoms with Gasteiger partial charge in [-0.3, -0.25) is 25.0 Å². The number of ether oxygens (including phenoxy) is 1. The van der Waals surface area contributed by atoms with E-state index in [-0.39, 0.29) is 24.0 Å². The van der Waals surface area contributed by atoms with Crippen LogP contribution >= 0.6 is 0 Å². The van der Waals surface area contributed by atoms with Crippen molar-refractivity contribution < 1.29 is 19.4 Å². The summed E-state index contributed by atoms with van der Waals surface area (Å²) in [5.74, 6) is 0.155. The molecule has 0 saturated heterocycles. The van der Waals surface area contributed by atoms with Crippen molar-refractivity contribution in [2.75, 3.05) is 5.32 Å². The Bertz CT molecular complexity index is 1100. The smallest absolute Gasteiger partial charge is 0.317 e. The SMILES string of the molecule is CC(=O)Nc1ccc2cc(COc3ccc([N+](=O)[O-])cc3[N+](=O)[O-])ccc2n1. The van der Waals surface area contributed by atoms with Crippen LogP contribution in [0.2, 0.25) is 0 Å². The number of carbonyl (C=O) groups excluding carboxylic acids is 1. The topological polar surface area (TPSA) is 138 Å². The third-order valence-electron chi connectivity index (χ3n) is 3.80. The Labute approximate surface area is 158 Å². The molecule has 10 heteroatoms. The first-order valence-corrected chi connectivity index (χ1v) is 8.06. The highest BCUT2D eigenvalue weighted by atomic mass is 16.6. The van der Waals surface area contributed by atoms with Crippen LogP contribution in [0.15, 0.2) is 48.5 Å². The van der Waals surface area contributed by atoms with Crippen molar-refractivity contribution in [3.63, 3.8) is 0 Å². The van der Waals surface area contributed by atoms with Crippen LogP contribution < -0.4 is 10.1 Å². The zero-order chi connectivity index (χ0) is 20.3. The van der Waals surface area contributed by atoms with Crippen LogP contribution in [0.5, 0.6) is 5.75 Å². The molecule has 3 rings (SSSR count). The van der Waals surface area contributed by atoms with Crippen molar-refractivity contribution >= 4 is 34.0 Å². The molecule has 0 saturated carbocycles. The second-order valence-corrected chi connectivity index (χ2v) is 5.86. The van der Waals surface area contributed by atoms with Gasteiger partial charge in [0.05, 0.1) is 21.4 Å². The molecule has 2 aromatic carbocycles. The van der Waals surface area contributed by atoms with Gasteiger partial charge in [-0.05, 0) is 35.9 Å². The molecule has 0 aliphatic rings. The number of rotatable bonds is 6. The van der Waals surface area contributed by atoms with Crippen LogP contribution in [0, 0.1) is 20.2 Å². The molecule has 0 aliphatic heterocycles. The van der Waals surface area contributed by atoms with Gasteiger partial charge in [-0.1, -0.05) is 6.07 Å². The predicted molar refractivity (Wildman–Crippen MR) is 100 cm³/mol. The van der Waals surface area contributed by atoms with Crippen molar-refractivity contribution in [1.82, 2.24) is 4.98 Å². The first-order valence-electron chi connectivity index (χ1n) is 8.06. The fourth-order valence-corrected chi connectivity index (χ4v) is 2.56. The Morgan fingerprint density at radius 2 is 1.86 bits per heavy atom. The highest BCUT2D eigenvalue weighted by molar-refractivity contribution is 5.89. The summed E-state index contributed by atoms with van der Waals surface area (Å²) in [6.07, 6.45) is 0. The van der Waals surface area contributed by atoms with E-state index < -0.39 is 15.5 Å². The number of hydrogen-bond donors (Lipinski definition) is 1. The lowest BCUT2D eigenvalue weighted by molar-refractivity contribution is -0.394. The number of nitro benzene ring substituents is 2. The lowest BCUT2D eigenvalue weighted by Gasteiger charge is -2.08. The number of amides is 1. The molecule has 1 aromatic heterocycles. The number of pyridine rings is 1. The molecule has 0 atom stereocenters. The average Bonchev–Trinajstić information content (AvgIpc) is 2.65. The molecule has 142 valence electrons. The normalized spacial score (nSPS) is 10.5. The zero-order valence-electron chi connectivity index (χ0n) is 14.6. The summed E-state index contributed by atoms with van der Waals surface area (Å²) in [6.45, 7) is 1.42. The summed E-state index contributed by atoms with van der Waals surface area (Å²) in [4.78, 5) is 35.9. The molecule has 0 unspecified atom stereocenters. The second kappa shape index (κ2) is 7.66. The van der Waals surface area contributed by atoms with E-state index in [1.54, 1.807) is 30.3 Å². The van der Waals surface area contributed by atoms with Crippen LogP contribution in [0.1, 0.15) is 12.5 Å². The van der Waals surface area contributed by atoms with Gasteiger partial charge in [-0.25, -0.2) is 4.98 Å². The standard InChI is InChI=1S/C18H14N4O6/c1-11(23)19-18-7-3-13-8-12(2-5-15(13)20-18)10-28-17-6-4-14(21(24)25)9-16(17)22(26)27/h2-9H,10H2,1H3,(H,19,20,23). The maximum absolute atomic E-state index is 11.2. The Kier molecular flexibility index (Phi) is 5.12. The number of carbonyl (C=O) groups is 1. The third-order valence-corrected chi connectivity index (χ3v) is 3.80. The van der Waals surface area contributed by atoms with Gasteiger partial charge in [0.2, 0.25) is 5.91 Å². The highest BCUT2D eigenvalue weighted by Crippen LogP contribution is 2.31. The minimum absolute atomic E-state index is 0.0298. The molecule has 1 heterocycles. The number of fused-ring (bicyclic) bond motifs is 1. The number of nitro groups is 2. The molecule has 0 fully saturated rings. The number of aromatic nitrogens is 1. The van der Waals surface area contributed by atoms with E-state index in [1.807, 2.05) is 0 Å². The van der Waals surface area contributed by atoms with Crippen molar-refractivity contribution in [3.05, 3.63) is 74.3 Å². The van der Waals surface area contributed by atoms with Crippen molar-refractivity contribution in [2.45, 2.75) is 13.5 Å². The van der Waals surface area contributed by atoms with Gasteiger partial charge >= 0.3 is 5.69 Å². The Balaban J connectivity index is 1.80. The molecule has 10 nitrogen and oxygen atoms in total.